The van der Waals surface area contributed by atoms with Crippen LogP contribution < -0.4 is 0 Å². The van der Waals surface area contributed by atoms with Crippen LogP contribution in [0.3, 0.4) is 0 Å². The van der Waals surface area contributed by atoms with Crippen LogP contribution in [-0.2, 0) is 10.8 Å². The molecule has 0 aliphatic heterocycles. The Morgan fingerprint density at radius 1 is 0.875 bits per heavy atom. The van der Waals surface area contributed by atoms with E-state index < -0.39 is 0 Å². The number of rotatable bonds is 0. The van der Waals surface area contributed by atoms with Crippen molar-refractivity contribution in [1.82, 2.24) is 4.98 Å². The van der Waals surface area contributed by atoms with Crippen molar-refractivity contribution in [3.8, 4) is 5.75 Å². The number of pyridine rings is 1. The van der Waals surface area contributed by atoms with E-state index in [1.54, 1.807) is 0 Å². The van der Waals surface area contributed by atoms with Gasteiger partial charge in [0.25, 0.3) is 0 Å². The zero-order chi connectivity index (χ0) is 17.9. The molecular weight excluding hydrogens is 362 g/mol. The first-order valence-corrected chi connectivity index (χ1v) is 9.05. The second-order valence-electron chi connectivity index (χ2n) is 8.54. The molecule has 0 atom stereocenters. The Balaban J connectivity index is 2.52. The Bertz CT molecular complexity index is 946. The third-order valence-electron chi connectivity index (χ3n) is 4.45. The van der Waals surface area contributed by atoms with E-state index in [1.165, 1.54) is 5.56 Å². The SMILES string of the molecule is CC(C)(C)c1cc(C(C)(C)C)c2cc3cc(Br)ccc3nc2c1O. The van der Waals surface area contributed by atoms with Gasteiger partial charge in [-0.15, -0.1) is 0 Å². The molecule has 0 fully saturated rings. The van der Waals surface area contributed by atoms with Crippen LogP contribution in [0.25, 0.3) is 21.8 Å². The largest absolute Gasteiger partial charge is 0.505 e. The number of hydrogen-bond acceptors (Lipinski definition) is 2. The summed E-state index contributed by atoms with van der Waals surface area (Å²) in [6.45, 7) is 13.0. The van der Waals surface area contributed by atoms with E-state index in [-0.39, 0.29) is 10.8 Å². The fourth-order valence-corrected chi connectivity index (χ4v) is 3.52. The summed E-state index contributed by atoms with van der Waals surface area (Å²) in [5, 5.41) is 13.0. The first-order valence-electron chi connectivity index (χ1n) is 8.25. The summed E-state index contributed by atoms with van der Waals surface area (Å²) >= 11 is 3.53. The number of aromatic nitrogens is 1. The quantitative estimate of drug-likeness (QED) is 0.450. The minimum absolute atomic E-state index is 0.0344. The number of hydrogen-bond donors (Lipinski definition) is 1. The first-order chi connectivity index (χ1) is 11.0. The van der Waals surface area contributed by atoms with Crippen molar-refractivity contribution in [1.29, 1.82) is 0 Å². The van der Waals surface area contributed by atoms with Crippen LogP contribution >= 0.6 is 15.9 Å². The topological polar surface area (TPSA) is 33.1 Å². The van der Waals surface area contributed by atoms with Gasteiger partial charge in [0.1, 0.15) is 11.3 Å². The molecule has 0 bridgehead atoms. The monoisotopic (exact) mass is 385 g/mol. The lowest BCUT2D eigenvalue weighted by molar-refractivity contribution is 0.450. The maximum atomic E-state index is 10.9. The molecule has 0 unspecified atom stereocenters. The highest BCUT2D eigenvalue weighted by molar-refractivity contribution is 9.10. The molecule has 2 aromatic carbocycles. The van der Waals surface area contributed by atoms with Crippen LogP contribution in [0.2, 0.25) is 0 Å². The number of aromatic hydroxyl groups is 1. The summed E-state index contributed by atoms with van der Waals surface area (Å²) in [7, 11) is 0. The number of fused-ring (bicyclic) bond motifs is 2. The molecular formula is C21H24BrNO. The standard InChI is InChI=1S/C21H24BrNO/c1-20(2,3)15-11-16(21(4,5)6)19(24)18-14(15)10-12-9-13(22)7-8-17(12)23-18/h7-11,24H,1-6H3. The summed E-state index contributed by atoms with van der Waals surface area (Å²) in [6.07, 6.45) is 0. The smallest absolute Gasteiger partial charge is 0.145 e. The van der Waals surface area contributed by atoms with E-state index in [0.29, 0.717) is 11.3 Å². The van der Waals surface area contributed by atoms with Crippen molar-refractivity contribution in [2.45, 2.75) is 52.4 Å². The maximum absolute atomic E-state index is 10.9. The maximum Gasteiger partial charge on any atom is 0.145 e. The molecule has 0 spiro atoms. The number of halogens is 1. The number of benzene rings is 2. The highest BCUT2D eigenvalue weighted by Crippen LogP contribution is 2.42. The van der Waals surface area contributed by atoms with Gasteiger partial charge < -0.3 is 5.11 Å². The Labute approximate surface area is 152 Å². The summed E-state index contributed by atoms with van der Waals surface area (Å²) in [5.41, 5.74) is 3.58. The van der Waals surface area contributed by atoms with E-state index in [9.17, 15) is 5.11 Å². The molecule has 0 saturated carbocycles. The summed E-state index contributed by atoms with van der Waals surface area (Å²) in [4.78, 5) is 4.80. The van der Waals surface area contributed by atoms with Gasteiger partial charge in [-0.3, -0.25) is 0 Å². The third-order valence-corrected chi connectivity index (χ3v) is 4.94. The number of phenols is 1. The first kappa shape index (κ1) is 17.2. The Morgan fingerprint density at radius 3 is 2.08 bits per heavy atom. The lowest BCUT2D eigenvalue weighted by Crippen LogP contribution is -2.17. The average Bonchev–Trinajstić information content (AvgIpc) is 2.43. The number of nitrogens with zero attached hydrogens (tertiary/aromatic N) is 1. The molecule has 0 aliphatic rings. The molecule has 3 aromatic rings. The van der Waals surface area contributed by atoms with Crippen LogP contribution in [0.4, 0.5) is 0 Å². The molecule has 0 aliphatic carbocycles. The Hall–Kier alpha value is -1.61. The van der Waals surface area contributed by atoms with Crippen molar-refractivity contribution in [3.05, 3.63) is 45.9 Å². The molecule has 0 radical (unpaired) electrons. The lowest BCUT2D eigenvalue weighted by atomic mass is 9.78. The highest BCUT2D eigenvalue weighted by Gasteiger charge is 2.26. The Kier molecular flexibility index (Phi) is 3.91. The van der Waals surface area contributed by atoms with E-state index in [4.69, 9.17) is 4.98 Å². The van der Waals surface area contributed by atoms with Gasteiger partial charge in [-0.1, -0.05) is 63.5 Å². The zero-order valence-corrected chi connectivity index (χ0v) is 16.7. The molecule has 0 saturated heterocycles. The van der Waals surface area contributed by atoms with E-state index in [0.717, 1.165) is 26.3 Å². The van der Waals surface area contributed by atoms with Gasteiger partial charge in [-0.25, -0.2) is 4.98 Å². The average molecular weight is 386 g/mol. The van der Waals surface area contributed by atoms with Crippen molar-refractivity contribution in [3.63, 3.8) is 0 Å². The predicted molar refractivity (Wildman–Crippen MR) is 106 cm³/mol. The van der Waals surface area contributed by atoms with E-state index in [2.05, 4.69) is 75.7 Å². The van der Waals surface area contributed by atoms with Crippen molar-refractivity contribution in [2.24, 2.45) is 0 Å². The summed E-state index contributed by atoms with van der Waals surface area (Å²) in [6, 6.07) is 10.3. The minimum Gasteiger partial charge on any atom is -0.505 e. The van der Waals surface area contributed by atoms with Crippen LogP contribution in [0.5, 0.6) is 5.75 Å². The fraction of sp³-hybridized carbons (Fsp3) is 0.381. The van der Waals surface area contributed by atoms with Gasteiger partial charge in [0.05, 0.1) is 5.52 Å². The zero-order valence-electron chi connectivity index (χ0n) is 15.2. The number of phenolic OH excluding ortho intramolecular Hbond substituents is 1. The molecule has 3 heteroatoms. The van der Waals surface area contributed by atoms with E-state index >= 15 is 0 Å². The third kappa shape index (κ3) is 2.90. The van der Waals surface area contributed by atoms with Gasteiger partial charge in [-0.05, 0) is 40.7 Å². The van der Waals surface area contributed by atoms with Crippen molar-refractivity contribution < 1.29 is 5.11 Å². The molecule has 2 nitrogen and oxygen atoms in total. The second kappa shape index (κ2) is 5.45. The van der Waals surface area contributed by atoms with E-state index in [1.807, 2.05) is 12.1 Å². The highest BCUT2D eigenvalue weighted by atomic mass is 79.9. The summed E-state index contributed by atoms with van der Waals surface area (Å²) < 4.78 is 1.03. The van der Waals surface area contributed by atoms with Gasteiger partial charge in [0.15, 0.2) is 0 Å². The summed E-state index contributed by atoms with van der Waals surface area (Å²) in [5.74, 6) is 0.301. The molecule has 24 heavy (non-hydrogen) atoms. The van der Waals surface area contributed by atoms with Crippen molar-refractivity contribution in [2.75, 3.05) is 0 Å². The van der Waals surface area contributed by atoms with Crippen LogP contribution in [0.1, 0.15) is 52.7 Å². The van der Waals surface area contributed by atoms with Crippen LogP contribution in [0.15, 0.2) is 34.8 Å². The molecule has 0 amide bonds. The molecule has 1 N–H and O–H groups in total. The fourth-order valence-electron chi connectivity index (χ4n) is 3.14. The van der Waals surface area contributed by atoms with Gasteiger partial charge >= 0.3 is 0 Å². The van der Waals surface area contributed by atoms with Gasteiger partial charge in [0.2, 0.25) is 0 Å². The predicted octanol–water partition coefficient (Wildman–Crippen LogP) is 6.45. The Morgan fingerprint density at radius 2 is 1.50 bits per heavy atom. The normalized spacial score (nSPS) is 13.0. The molecule has 1 aromatic heterocycles. The second-order valence-corrected chi connectivity index (χ2v) is 9.46. The molecule has 126 valence electrons. The van der Waals surface area contributed by atoms with Crippen molar-refractivity contribution >= 4 is 37.7 Å². The molecule has 3 rings (SSSR count). The lowest BCUT2D eigenvalue weighted by Gasteiger charge is -2.27. The minimum atomic E-state index is -0.144. The van der Waals surface area contributed by atoms with Gasteiger partial charge in [-0.2, -0.15) is 0 Å². The van der Waals surface area contributed by atoms with Crippen LogP contribution in [0, 0.1) is 0 Å². The van der Waals surface area contributed by atoms with Crippen LogP contribution in [-0.4, -0.2) is 10.1 Å². The van der Waals surface area contributed by atoms with Gasteiger partial charge in [0, 0.05) is 20.8 Å². The molecule has 1 heterocycles.